The fraction of sp³-hybridized carbons (Fsp3) is 0.800. The Morgan fingerprint density at radius 1 is 1.25 bits per heavy atom. The summed E-state index contributed by atoms with van der Waals surface area (Å²) in [5.41, 5.74) is 0. The molecule has 1 aliphatic heterocycles. The van der Waals surface area contributed by atoms with E-state index in [-0.39, 0.29) is 0 Å². The Labute approximate surface area is 75.8 Å². The molecule has 12 heavy (non-hydrogen) atoms. The highest BCUT2D eigenvalue weighted by molar-refractivity contribution is 4.87. The van der Waals surface area contributed by atoms with E-state index >= 15 is 0 Å². The average Bonchev–Trinajstić information content (AvgIpc) is 1.95. The van der Waals surface area contributed by atoms with E-state index in [2.05, 4.69) is 43.0 Å². The SMILES string of the molecule is CC(C)N1C/C=C\N(C)CCC1. The molecular formula is C10H20N2. The fourth-order valence-electron chi connectivity index (χ4n) is 1.52. The summed E-state index contributed by atoms with van der Waals surface area (Å²) in [6.45, 7) is 8.03. The Morgan fingerprint density at radius 3 is 2.67 bits per heavy atom. The summed E-state index contributed by atoms with van der Waals surface area (Å²) in [5.74, 6) is 0. The van der Waals surface area contributed by atoms with Gasteiger partial charge in [-0.05, 0) is 26.5 Å². The van der Waals surface area contributed by atoms with Gasteiger partial charge in [0.1, 0.15) is 0 Å². The van der Waals surface area contributed by atoms with Crippen molar-refractivity contribution in [2.75, 3.05) is 26.7 Å². The van der Waals surface area contributed by atoms with Crippen molar-refractivity contribution in [1.29, 1.82) is 0 Å². The van der Waals surface area contributed by atoms with Crippen LogP contribution >= 0.6 is 0 Å². The van der Waals surface area contributed by atoms with Crippen molar-refractivity contribution < 1.29 is 0 Å². The van der Waals surface area contributed by atoms with Crippen LogP contribution in [0.1, 0.15) is 20.3 Å². The minimum atomic E-state index is 0.679. The molecule has 0 aliphatic carbocycles. The average molecular weight is 168 g/mol. The predicted octanol–water partition coefficient (Wildman–Crippen LogP) is 1.55. The number of hydrogen-bond donors (Lipinski definition) is 0. The summed E-state index contributed by atoms with van der Waals surface area (Å²) < 4.78 is 0. The first-order chi connectivity index (χ1) is 5.70. The topological polar surface area (TPSA) is 6.48 Å². The largest absolute Gasteiger partial charge is 0.381 e. The van der Waals surface area contributed by atoms with E-state index in [1.54, 1.807) is 0 Å². The van der Waals surface area contributed by atoms with E-state index in [0.717, 1.165) is 6.54 Å². The Kier molecular flexibility index (Phi) is 3.60. The van der Waals surface area contributed by atoms with Crippen molar-refractivity contribution in [3.63, 3.8) is 0 Å². The lowest BCUT2D eigenvalue weighted by Gasteiger charge is -2.28. The zero-order valence-electron chi connectivity index (χ0n) is 8.45. The lowest BCUT2D eigenvalue weighted by molar-refractivity contribution is 0.226. The van der Waals surface area contributed by atoms with Crippen LogP contribution in [0.3, 0.4) is 0 Å². The molecule has 0 N–H and O–H groups in total. The van der Waals surface area contributed by atoms with E-state index in [1.165, 1.54) is 19.5 Å². The molecule has 0 amide bonds. The third-order valence-corrected chi connectivity index (χ3v) is 2.39. The Morgan fingerprint density at radius 2 is 2.00 bits per heavy atom. The normalized spacial score (nSPS) is 23.8. The highest BCUT2D eigenvalue weighted by atomic mass is 15.2. The monoisotopic (exact) mass is 168 g/mol. The van der Waals surface area contributed by atoms with Gasteiger partial charge in [0.05, 0.1) is 0 Å². The first-order valence-corrected chi connectivity index (χ1v) is 4.81. The molecule has 1 aliphatic rings. The third kappa shape index (κ3) is 2.86. The molecule has 0 fully saturated rings. The Balaban J connectivity index is 2.44. The third-order valence-electron chi connectivity index (χ3n) is 2.39. The van der Waals surface area contributed by atoms with E-state index < -0.39 is 0 Å². The summed E-state index contributed by atoms with van der Waals surface area (Å²) in [6.07, 6.45) is 5.72. The molecule has 2 heteroatoms. The zero-order chi connectivity index (χ0) is 8.97. The first kappa shape index (κ1) is 9.59. The molecule has 0 aromatic carbocycles. The van der Waals surface area contributed by atoms with Crippen LogP contribution in [0.15, 0.2) is 12.3 Å². The lowest BCUT2D eigenvalue weighted by Crippen LogP contribution is -2.34. The first-order valence-electron chi connectivity index (χ1n) is 4.81. The van der Waals surface area contributed by atoms with E-state index in [4.69, 9.17) is 0 Å². The maximum absolute atomic E-state index is 2.50. The van der Waals surface area contributed by atoms with Crippen molar-refractivity contribution in [3.05, 3.63) is 12.3 Å². The highest BCUT2D eigenvalue weighted by Gasteiger charge is 2.08. The molecule has 70 valence electrons. The van der Waals surface area contributed by atoms with E-state index in [0.29, 0.717) is 6.04 Å². The molecule has 1 rings (SSSR count). The van der Waals surface area contributed by atoms with Gasteiger partial charge in [0, 0.05) is 32.7 Å². The maximum atomic E-state index is 2.50. The summed E-state index contributed by atoms with van der Waals surface area (Å²) in [7, 11) is 2.14. The van der Waals surface area contributed by atoms with Gasteiger partial charge in [0.25, 0.3) is 0 Å². The molecule has 1 heterocycles. The van der Waals surface area contributed by atoms with Crippen molar-refractivity contribution in [1.82, 2.24) is 9.80 Å². The van der Waals surface area contributed by atoms with E-state index in [1.807, 2.05) is 0 Å². The van der Waals surface area contributed by atoms with E-state index in [9.17, 15) is 0 Å². The van der Waals surface area contributed by atoms with Gasteiger partial charge in [-0.15, -0.1) is 0 Å². The van der Waals surface area contributed by atoms with Crippen LogP contribution in [0.25, 0.3) is 0 Å². The standard InChI is InChI=1S/C10H20N2/c1-10(2)12-8-4-6-11(3)7-5-9-12/h4,6,10H,5,7-9H2,1-3H3/b6-4-. The van der Waals surface area contributed by atoms with Crippen molar-refractivity contribution in [3.8, 4) is 0 Å². The minimum Gasteiger partial charge on any atom is -0.381 e. The predicted molar refractivity (Wildman–Crippen MR) is 53.1 cm³/mol. The van der Waals surface area contributed by atoms with Crippen LogP contribution in [0.5, 0.6) is 0 Å². The maximum Gasteiger partial charge on any atom is 0.0183 e. The molecule has 0 saturated carbocycles. The smallest absolute Gasteiger partial charge is 0.0183 e. The molecular weight excluding hydrogens is 148 g/mol. The quantitative estimate of drug-likeness (QED) is 0.586. The molecule has 0 aromatic rings. The van der Waals surface area contributed by atoms with Crippen LogP contribution in [0.2, 0.25) is 0 Å². The Bertz CT molecular complexity index is 152. The molecule has 0 bridgehead atoms. The summed E-state index contributed by atoms with van der Waals surface area (Å²) >= 11 is 0. The van der Waals surface area contributed by atoms with Crippen molar-refractivity contribution in [2.24, 2.45) is 0 Å². The molecule has 0 unspecified atom stereocenters. The second kappa shape index (κ2) is 4.51. The second-order valence-electron chi connectivity index (χ2n) is 3.81. The van der Waals surface area contributed by atoms with Crippen molar-refractivity contribution >= 4 is 0 Å². The number of nitrogens with zero attached hydrogens (tertiary/aromatic N) is 2. The van der Waals surface area contributed by atoms with Crippen LogP contribution < -0.4 is 0 Å². The fourth-order valence-corrected chi connectivity index (χ4v) is 1.52. The Hall–Kier alpha value is -0.500. The van der Waals surface area contributed by atoms with Gasteiger partial charge in [0.2, 0.25) is 0 Å². The minimum absolute atomic E-state index is 0.679. The van der Waals surface area contributed by atoms with Crippen LogP contribution in [-0.4, -0.2) is 42.5 Å². The van der Waals surface area contributed by atoms with Crippen molar-refractivity contribution in [2.45, 2.75) is 26.3 Å². The summed E-state index contributed by atoms with van der Waals surface area (Å²) in [5, 5.41) is 0. The number of hydrogen-bond acceptors (Lipinski definition) is 2. The second-order valence-corrected chi connectivity index (χ2v) is 3.81. The van der Waals surface area contributed by atoms with Gasteiger partial charge in [-0.1, -0.05) is 6.08 Å². The molecule has 0 atom stereocenters. The number of rotatable bonds is 1. The van der Waals surface area contributed by atoms with Gasteiger partial charge in [-0.2, -0.15) is 0 Å². The van der Waals surface area contributed by atoms with Gasteiger partial charge in [0.15, 0.2) is 0 Å². The molecule has 2 nitrogen and oxygen atoms in total. The zero-order valence-corrected chi connectivity index (χ0v) is 8.45. The summed E-state index contributed by atoms with van der Waals surface area (Å²) in [6, 6.07) is 0.679. The van der Waals surface area contributed by atoms with Crippen LogP contribution in [-0.2, 0) is 0 Å². The van der Waals surface area contributed by atoms with Gasteiger partial charge < -0.3 is 4.90 Å². The van der Waals surface area contributed by atoms with Crippen LogP contribution in [0, 0.1) is 0 Å². The molecule has 0 aromatic heterocycles. The molecule has 0 spiro atoms. The highest BCUT2D eigenvalue weighted by Crippen LogP contribution is 2.03. The van der Waals surface area contributed by atoms with Gasteiger partial charge in [-0.25, -0.2) is 0 Å². The van der Waals surface area contributed by atoms with Gasteiger partial charge >= 0.3 is 0 Å². The van der Waals surface area contributed by atoms with Gasteiger partial charge in [-0.3, -0.25) is 4.90 Å². The molecule has 0 radical (unpaired) electrons. The summed E-state index contributed by atoms with van der Waals surface area (Å²) in [4.78, 5) is 4.77. The van der Waals surface area contributed by atoms with Crippen LogP contribution in [0.4, 0.5) is 0 Å². The molecule has 0 saturated heterocycles. The lowest BCUT2D eigenvalue weighted by atomic mass is 10.2.